The Kier molecular flexibility index (Phi) is 4.19. The van der Waals surface area contributed by atoms with Crippen LogP contribution in [0.3, 0.4) is 0 Å². The number of hydrogen-bond acceptors (Lipinski definition) is 1. The van der Waals surface area contributed by atoms with Crippen molar-refractivity contribution in [2.75, 3.05) is 0 Å². The third-order valence-electron chi connectivity index (χ3n) is 5.14. The van der Waals surface area contributed by atoms with Gasteiger partial charge in [-0.2, -0.15) is 0 Å². The van der Waals surface area contributed by atoms with Gasteiger partial charge >= 0.3 is 0 Å². The summed E-state index contributed by atoms with van der Waals surface area (Å²) in [7, 11) is 0. The number of ether oxygens (including phenoxy) is 1. The van der Waals surface area contributed by atoms with Crippen LogP contribution in [0.5, 0.6) is 5.75 Å². The third-order valence-corrected chi connectivity index (χ3v) is 5.99. The van der Waals surface area contributed by atoms with Gasteiger partial charge in [0.25, 0.3) is 0 Å². The molecule has 20 heavy (non-hydrogen) atoms. The molecule has 0 bridgehead atoms. The van der Waals surface area contributed by atoms with Gasteiger partial charge in [0, 0.05) is 22.2 Å². The molecule has 1 nitrogen and oxygen atoms in total. The smallest absolute Gasteiger partial charge is 0.124 e. The molecule has 1 aromatic carbocycles. The largest absolute Gasteiger partial charge is 0.489 e. The molecule has 2 fully saturated rings. The molecule has 0 radical (unpaired) electrons. The average Bonchev–Trinajstić information content (AvgIpc) is 2.70. The normalized spacial score (nSPS) is 28.8. The Morgan fingerprint density at radius 3 is 2.50 bits per heavy atom. The summed E-state index contributed by atoms with van der Waals surface area (Å²) in [5.74, 6) is 0.926. The van der Waals surface area contributed by atoms with E-state index in [1.165, 1.54) is 38.5 Å². The second-order valence-electron chi connectivity index (χ2n) is 6.37. The summed E-state index contributed by atoms with van der Waals surface area (Å²) in [6.07, 6.45) is 8.92. The molecule has 0 N–H and O–H groups in total. The summed E-state index contributed by atoms with van der Waals surface area (Å²) < 4.78 is 6.31. The van der Waals surface area contributed by atoms with Gasteiger partial charge in [-0.05, 0) is 37.5 Å². The predicted molar refractivity (Wildman–Crippen MR) is 85.0 cm³/mol. The third kappa shape index (κ3) is 2.55. The highest BCUT2D eigenvalue weighted by Gasteiger charge is 2.55. The zero-order valence-electron chi connectivity index (χ0n) is 12.0. The molecule has 0 amide bonds. The molecule has 0 saturated heterocycles. The van der Waals surface area contributed by atoms with Gasteiger partial charge in [-0.1, -0.05) is 43.4 Å². The van der Waals surface area contributed by atoms with E-state index < -0.39 is 0 Å². The van der Waals surface area contributed by atoms with Gasteiger partial charge in [-0.25, -0.2) is 0 Å². The van der Waals surface area contributed by atoms with E-state index in [1.807, 2.05) is 18.2 Å². The van der Waals surface area contributed by atoms with Crippen molar-refractivity contribution in [3.63, 3.8) is 0 Å². The van der Waals surface area contributed by atoms with Gasteiger partial charge in [0.2, 0.25) is 0 Å². The fourth-order valence-corrected chi connectivity index (χ4v) is 4.42. The van der Waals surface area contributed by atoms with Crippen molar-refractivity contribution in [3.8, 4) is 5.75 Å². The highest BCUT2D eigenvalue weighted by Crippen LogP contribution is 2.55. The molecule has 3 heteroatoms. The summed E-state index contributed by atoms with van der Waals surface area (Å²) >= 11 is 12.7. The Bertz CT molecular complexity index is 478. The van der Waals surface area contributed by atoms with Gasteiger partial charge in [0.1, 0.15) is 11.9 Å². The molecule has 2 aliphatic rings. The van der Waals surface area contributed by atoms with Gasteiger partial charge < -0.3 is 4.74 Å². The summed E-state index contributed by atoms with van der Waals surface area (Å²) in [6.45, 7) is 2.07. The van der Waals surface area contributed by atoms with Gasteiger partial charge in [0.15, 0.2) is 0 Å². The lowest BCUT2D eigenvalue weighted by molar-refractivity contribution is -0.0515. The van der Waals surface area contributed by atoms with E-state index in [0.717, 1.165) is 22.8 Å². The minimum Gasteiger partial charge on any atom is -0.489 e. The van der Waals surface area contributed by atoms with Crippen molar-refractivity contribution in [2.45, 2.75) is 63.4 Å². The molecule has 0 heterocycles. The molecule has 110 valence electrons. The molecule has 2 aliphatic carbocycles. The van der Waals surface area contributed by atoms with E-state index >= 15 is 0 Å². The van der Waals surface area contributed by atoms with Crippen molar-refractivity contribution in [3.05, 3.63) is 28.8 Å². The standard InChI is InChI=1S/C17H22Cl2O/c1-12-6-7-13(18)10-14(12)20-16-11-15(19)17(16)8-4-2-3-5-9-17/h6-7,10,15-16H,2-5,8-9,11H2,1H3. The Morgan fingerprint density at radius 1 is 1.15 bits per heavy atom. The number of aryl methyl sites for hydroxylation is 1. The molecule has 1 aromatic rings. The minimum atomic E-state index is 0.201. The molecule has 3 rings (SSSR count). The molecule has 2 unspecified atom stereocenters. The van der Waals surface area contributed by atoms with Crippen LogP contribution in [-0.4, -0.2) is 11.5 Å². The first-order valence-corrected chi connectivity index (χ1v) is 8.50. The number of hydrogen-bond donors (Lipinski definition) is 0. The average molecular weight is 313 g/mol. The van der Waals surface area contributed by atoms with Crippen LogP contribution in [0.4, 0.5) is 0 Å². The molecule has 2 saturated carbocycles. The lowest BCUT2D eigenvalue weighted by Crippen LogP contribution is -2.57. The van der Waals surface area contributed by atoms with Crippen LogP contribution in [0.25, 0.3) is 0 Å². The second kappa shape index (κ2) is 5.77. The maximum Gasteiger partial charge on any atom is 0.124 e. The maximum atomic E-state index is 6.58. The Hall–Kier alpha value is -0.400. The van der Waals surface area contributed by atoms with Gasteiger partial charge in [-0.15, -0.1) is 11.6 Å². The van der Waals surface area contributed by atoms with Crippen molar-refractivity contribution in [1.29, 1.82) is 0 Å². The molecular formula is C17H22Cl2O. The topological polar surface area (TPSA) is 9.23 Å². The van der Waals surface area contributed by atoms with Crippen molar-refractivity contribution in [2.24, 2.45) is 5.41 Å². The fraction of sp³-hybridized carbons (Fsp3) is 0.647. The Morgan fingerprint density at radius 2 is 1.85 bits per heavy atom. The minimum absolute atomic E-state index is 0.201. The van der Waals surface area contributed by atoms with E-state index in [9.17, 15) is 0 Å². The fourth-order valence-electron chi connectivity index (χ4n) is 3.74. The zero-order chi connectivity index (χ0) is 14.2. The van der Waals surface area contributed by atoms with Gasteiger partial charge in [0.05, 0.1) is 0 Å². The lowest BCUT2D eigenvalue weighted by Gasteiger charge is -2.53. The van der Waals surface area contributed by atoms with E-state index in [0.29, 0.717) is 0 Å². The lowest BCUT2D eigenvalue weighted by atomic mass is 9.61. The second-order valence-corrected chi connectivity index (χ2v) is 7.33. The van der Waals surface area contributed by atoms with Crippen LogP contribution in [-0.2, 0) is 0 Å². The van der Waals surface area contributed by atoms with E-state index in [1.54, 1.807) is 0 Å². The van der Waals surface area contributed by atoms with Gasteiger partial charge in [-0.3, -0.25) is 0 Å². The predicted octanol–water partition coefficient (Wildman–Crippen LogP) is 5.75. The Balaban J connectivity index is 1.78. The van der Waals surface area contributed by atoms with Crippen LogP contribution in [0.1, 0.15) is 50.5 Å². The zero-order valence-corrected chi connectivity index (χ0v) is 13.5. The van der Waals surface area contributed by atoms with Crippen LogP contribution in [0, 0.1) is 12.3 Å². The summed E-state index contributed by atoms with van der Waals surface area (Å²) in [5.41, 5.74) is 1.35. The van der Waals surface area contributed by atoms with Crippen LogP contribution in [0.2, 0.25) is 5.02 Å². The Labute approximate surface area is 131 Å². The molecule has 2 atom stereocenters. The molecular weight excluding hydrogens is 291 g/mol. The number of halogens is 2. The summed E-state index contributed by atoms with van der Waals surface area (Å²) in [6, 6.07) is 5.87. The first-order chi connectivity index (χ1) is 9.62. The number of rotatable bonds is 2. The number of benzene rings is 1. The first kappa shape index (κ1) is 14.5. The number of alkyl halides is 1. The highest BCUT2D eigenvalue weighted by molar-refractivity contribution is 6.30. The summed E-state index contributed by atoms with van der Waals surface area (Å²) in [4.78, 5) is 0. The van der Waals surface area contributed by atoms with E-state index in [4.69, 9.17) is 27.9 Å². The quantitative estimate of drug-likeness (QED) is 0.632. The molecule has 1 spiro atoms. The van der Waals surface area contributed by atoms with Crippen LogP contribution < -0.4 is 4.74 Å². The van der Waals surface area contributed by atoms with Crippen molar-refractivity contribution < 1.29 is 4.74 Å². The van der Waals surface area contributed by atoms with Crippen LogP contribution >= 0.6 is 23.2 Å². The van der Waals surface area contributed by atoms with Crippen LogP contribution in [0.15, 0.2) is 18.2 Å². The molecule has 0 aromatic heterocycles. The van der Waals surface area contributed by atoms with Crippen molar-refractivity contribution in [1.82, 2.24) is 0 Å². The van der Waals surface area contributed by atoms with E-state index in [-0.39, 0.29) is 16.9 Å². The first-order valence-electron chi connectivity index (χ1n) is 7.69. The monoisotopic (exact) mass is 312 g/mol. The van der Waals surface area contributed by atoms with Crippen molar-refractivity contribution >= 4 is 23.2 Å². The maximum absolute atomic E-state index is 6.58. The summed E-state index contributed by atoms with van der Waals surface area (Å²) in [5, 5.41) is 1.02. The van der Waals surface area contributed by atoms with E-state index in [2.05, 4.69) is 6.92 Å². The SMILES string of the molecule is Cc1ccc(Cl)cc1OC1CC(Cl)C12CCCCCC2. The highest BCUT2D eigenvalue weighted by atomic mass is 35.5. The molecule has 0 aliphatic heterocycles.